The van der Waals surface area contributed by atoms with Crippen LogP contribution >= 0.6 is 0 Å². The summed E-state index contributed by atoms with van der Waals surface area (Å²) in [6, 6.07) is 9.03. The van der Waals surface area contributed by atoms with Crippen LogP contribution in [0.2, 0.25) is 0 Å². The van der Waals surface area contributed by atoms with Gasteiger partial charge in [-0.3, -0.25) is 4.79 Å². The van der Waals surface area contributed by atoms with Gasteiger partial charge in [0.1, 0.15) is 5.52 Å². The highest BCUT2D eigenvalue weighted by atomic mass is 16.4. The molecule has 0 saturated carbocycles. The fourth-order valence-electron chi connectivity index (χ4n) is 4.08. The minimum Gasteiger partial charge on any atom is -0.475 e. The topological polar surface area (TPSA) is 106 Å². The Bertz CT molecular complexity index is 1550. The van der Waals surface area contributed by atoms with Crippen molar-refractivity contribution >= 4 is 39.7 Å². The summed E-state index contributed by atoms with van der Waals surface area (Å²) in [7, 11) is 0. The molecular formula is C29H34N2O5. The van der Waals surface area contributed by atoms with E-state index in [4.69, 9.17) is 13.8 Å². The Morgan fingerprint density at radius 3 is 1.97 bits per heavy atom. The zero-order valence-electron chi connectivity index (χ0n) is 22.4. The largest absolute Gasteiger partial charge is 0.475 e. The number of nitrogens with zero attached hydrogens (tertiary/aromatic N) is 1. The number of carbonyl (C=O) groups is 1. The van der Waals surface area contributed by atoms with Gasteiger partial charge in [0.2, 0.25) is 5.76 Å². The number of rotatable bonds is 3. The molecule has 2 aromatic carbocycles. The van der Waals surface area contributed by atoms with Crippen LogP contribution in [0.3, 0.4) is 0 Å². The molecule has 0 amide bonds. The van der Waals surface area contributed by atoms with Crippen LogP contribution in [0.25, 0.3) is 22.1 Å². The van der Waals surface area contributed by atoms with Gasteiger partial charge < -0.3 is 19.3 Å². The first-order valence-corrected chi connectivity index (χ1v) is 12.0. The molecule has 0 fully saturated rings. The SMILES string of the molecule is CC(C)(C)c1cc(C(C)(C)C)c2oc(Nc3cc(C(C)(C)C)cc4c(=O)cc(C(=O)O)oc34)nc2c1. The van der Waals surface area contributed by atoms with Crippen LogP contribution in [0, 0.1) is 0 Å². The van der Waals surface area contributed by atoms with E-state index in [2.05, 4.69) is 52.9 Å². The molecule has 0 aliphatic heterocycles. The average molecular weight is 491 g/mol. The molecule has 190 valence electrons. The lowest BCUT2D eigenvalue weighted by molar-refractivity contribution is 0.0663. The third kappa shape index (κ3) is 4.74. The lowest BCUT2D eigenvalue weighted by Crippen LogP contribution is -2.16. The number of aromatic nitrogens is 1. The van der Waals surface area contributed by atoms with Crippen molar-refractivity contribution in [2.45, 2.75) is 78.6 Å². The summed E-state index contributed by atoms with van der Waals surface area (Å²) < 4.78 is 11.9. The van der Waals surface area contributed by atoms with E-state index in [-0.39, 0.29) is 33.2 Å². The zero-order chi connectivity index (χ0) is 26.8. The second-order valence-electron chi connectivity index (χ2n) is 12.4. The maximum absolute atomic E-state index is 12.8. The Morgan fingerprint density at radius 2 is 1.42 bits per heavy atom. The molecule has 7 nitrogen and oxygen atoms in total. The van der Waals surface area contributed by atoms with Crippen molar-refractivity contribution in [3.8, 4) is 0 Å². The van der Waals surface area contributed by atoms with Crippen molar-refractivity contribution in [1.29, 1.82) is 0 Å². The highest BCUT2D eigenvalue weighted by molar-refractivity contribution is 5.94. The first kappa shape index (κ1) is 25.5. The number of fused-ring (bicyclic) bond motifs is 2. The number of oxazole rings is 1. The van der Waals surface area contributed by atoms with E-state index < -0.39 is 17.2 Å². The number of nitrogens with one attached hydrogen (secondary N) is 1. The highest BCUT2D eigenvalue weighted by Crippen LogP contribution is 2.38. The summed E-state index contributed by atoms with van der Waals surface area (Å²) in [6.07, 6.45) is 0. The van der Waals surface area contributed by atoms with Gasteiger partial charge in [-0.25, -0.2) is 4.79 Å². The maximum Gasteiger partial charge on any atom is 0.371 e. The standard InChI is InChI=1S/C29H34N2O5/c1-27(2,3)15-10-17-21(32)14-22(25(33)34)35-23(17)19(12-15)30-26-31-20-13-16(28(4,5)6)11-18(24(20)36-26)29(7,8)9/h10-14H,1-9H3,(H,30,31)(H,33,34). The first-order chi connectivity index (χ1) is 16.4. The molecule has 7 heteroatoms. The average Bonchev–Trinajstić information content (AvgIpc) is 3.13. The molecule has 4 aromatic rings. The van der Waals surface area contributed by atoms with Crippen molar-refractivity contribution in [1.82, 2.24) is 4.98 Å². The molecule has 2 N–H and O–H groups in total. The molecule has 0 aliphatic rings. The number of hydrogen-bond donors (Lipinski definition) is 2. The first-order valence-electron chi connectivity index (χ1n) is 12.0. The number of carboxylic acid groups (broad SMARTS) is 1. The van der Waals surface area contributed by atoms with E-state index in [9.17, 15) is 14.7 Å². The van der Waals surface area contributed by atoms with Crippen LogP contribution in [0.5, 0.6) is 0 Å². The Labute approximate surface area is 210 Å². The number of hydrogen-bond acceptors (Lipinski definition) is 6. The number of anilines is 2. The fraction of sp³-hybridized carbons (Fsp3) is 0.414. The summed E-state index contributed by atoms with van der Waals surface area (Å²) in [6.45, 7) is 19.0. The summed E-state index contributed by atoms with van der Waals surface area (Å²) in [5.74, 6) is -1.74. The van der Waals surface area contributed by atoms with Crippen LogP contribution < -0.4 is 10.7 Å². The van der Waals surface area contributed by atoms with Gasteiger partial charge in [-0.05, 0) is 45.6 Å². The monoisotopic (exact) mass is 490 g/mol. The predicted octanol–water partition coefficient (Wildman–Crippen LogP) is 7.27. The highest BCUT2D eigenvalue weighted by Gasteiger charge is 2.26. The molecule has 0 unspecified atom stereocenters. The Morgan fingerprint density at radius 1 is 0.806 bits per heavy atom. The normalized spacial score (nSPS) is 12.9. The second kappa shape index (κ2) is 8.22. The lowest BCUT2D eigenvalue weighted by Gasteiger charge is -2.24. The van der Waals surface area contributed by atoms with E-state index in [1.807, 2.05) is 32.9 Å². The van der Waals surface area contributed by atoms with Gasteiger partial charge in [-0.1, -0.05) is 68.4 Å². The minimum atomic E-state index is -1.31. The molecule has 36 heavy (non-hydrogen) atoms. The van der Waals surface area contributed by atoms with Gasteiger partial charge in [0.15, 0.2) is 16.6 Å². The van der Waals surface area contributed by atoms with E-state index in [1.165, 1.54) is 0 Å². The molecule has 0 atom stereocenters. The molecule has 0 bridgehead atoms. The Kier molecular flexibility index (Phi) is 5.82. The molecule has 2 aromatic heterocycles. The molecule has 0 radical (unpaired) electrons. The predicted molar refractivity (Wildman–Crippen MR) is 143 cm³/mol. The zero-order valence-corrected chi connectivity index (χ0v) is 22.4. The van der Waals surface area contributed by atoms with Gasteiger partial charge in [0.25, 0.3) is 6.01 Å². The maximum atomic E-state index is 12.8. The summed E-state index contributed by atoms with van der Waals surface area (Å²) in [5.41, 5.74) is 4.08. The van der Waals surface area contributed by atoms with Gasteiger partial charge in [0.05, 0.1) is 11.1 Å². The van der Waals surface area contributed by atoms with Crippen LogP contribution in [0.15, 0.2) is 44.0 Å². The van der Waals surface area contributed by atoms with E-state index in [0.29, 0.717) is 11.3 Å². The van der Waals surface area contributed by atoms with Gasteiger partial charge in [-0.15, -0.1) is 0 Å². The van der Waals surface area contributed by atoms with Crippen LogP contribution in [-0.2, 0) is 16.2 Å². The second-order valence-corrected chi connectivity index (χ2v) is 12.4. The van der Waals surface area contributed by atoms with Gasteiger partial charge >= 0.3 is 5.97 Å². The van der Waals surface area contributed by atoms with Crippen LogP contribution in [0.1, 0.15) is 89.6 Å². The fourth-order valence-corrected chi connectivity index (χ4v) is 4.08. The molecule has 4 rings (SSSR count). The third-order valence-corrected chi connectivity index (χ3v) is 6.31. The Balaban J connectivity index is 1.96. The van der Waals surface area contributed by atoms with Crippen molar-refractivity contribution in [2.24, 2.45) is 0 Å². The lowest BCUT2D eigenvalue weighted by atomic mass is 9.80. The molecule has 0 spiro atoms. The Hall–Kier alpha value is -3.61. The molecule has 2 heterocycles. The van der Waals surface area contributed by atoms with Crippen LogP contribution in [-0.4, -0.2) is 16.1 Å². The molecule has 0 aliphatic carbocycles. The van der Waals surface area contributed by atoms with Crippen LogP contribution in [0.4, 0.5) is 11.7 Å². The summed E-state index contributed by atoms with van der Waals surface area (Å²) in [5, 5.41) is 12.9. The van der Waals surface area contributed by atoms with Crippen molar-refractivity contribution in [3.05, 3.63) is 63.0 Å². The van der Waals surface area contributed by atoms with E-state index in [1.54, 1.807) is 6.07 Å². The smallest absolute Gasteiger partial charge is 0.371 e. The summed E-state index contributed by atoms with van der Waals surface area (Å²) >= 11 is 0. The van der Waals surface area contributed by atoms with Crippen molar-refractivity contribution in [3.63, 3.8) is 0 Å². The third-order valence-electron chi connectivity index (χ3n) is 6.31. The quantitative estimate of drug-likeness (QED) is 0.311. The number of benzene rings is 2. The summed E-state index contributed by atoms with van der Waals surface area (Å²) in [4.78, 5) is 29.1. The van der Waals surface area contributed by atoms with E-state index in [0.717, 1.165) is 28.3 Å². The minimum absolute atomic E-state index is 0.0748. The van der Waals surface area contributed by atoms with Gasteiger partial charge in [0, 0.05) is 11.6 Å². The van der Waals surface area contributed by atoms with E-state index >= 15 is 0 Å². The van der Waals surface area contributed by atoms with Gasteiger partial charge in [-0.2, -0.15) is 4.98 Å². The molecular weight excluding hydrogens is 456 g/mol. The number of carboxylic acids is 1. The van der Waals surface area contributed by atoms with Crippen molar-refractivity contribution in [2.75, 3.05) is 5.32 Å². The molecule has 0 saturated heterocycles. The number of aromatic carboxylic acids is 1. The van der Waals surface area contributed by atoms with Crippen molar-refractivity contribution < 1.29 is 18.7 Å².